The lowest BCUT2D eigenvalue weighted by Gasteiger charge is -2.11. The van der Waals surface area contributed by atoms with E-state index in [1.165, 1.54) is 4.68 Å². The number of rotatable bonds is 8. The van der Waals surface area contributed by atoms with E-state index in [2.05, 4.69) is 21.6 Å². The van der Waals surface area contributed by atoms with Gasteiger partial charge in [0.05, 0.1) is 19.4 Å². The molecule has 2 aromatic heterocycles. The molecule has 1 aliphatic rings. The number of hydrogen-bond acceptors (Lipinski definition) is 6. The van der Waals surface area contributed by atoms with Gasteiger partial charge >= 0.3 is 0 Å². The van der Waals surface area contributed by atoms with Crippen LogP contribution < -0.4 is 20.3 Å². The zero-order chi connectivity index (χ0) is 20.4. The van der Waals surface area contributed by atoms with Crippen molar-refractivity contribution in [3.63, 3.8) is 0 Å². The number of anilines is 1. The van der Waals surface area contributed by atoms with Gasteiger partial charge in [-0.1, -0.05) is 12.1 Å². The Bertz CT molecular complexity index is 1040. The summed E-state index contributed by atoms with van der Waals surface area (Å²) >= 11 is 0. The lowest BCUT2D eigenvalue weighted by atomic mass is 10.2. The summed E-state index contributed by atoms with van der Waals surface area (Å²) in [6.07, 6.45) is 3.02. The smallest absolute Gasteiger partial charge is 0.290 e. The summed E-state index contributed by atoms with van der Waals surface area (Å²) in [5.41, 5.74) is 2.42. The van der Waals surface area contributed by atoms with Crippen LogP contribution in [0.5, 0.6) is 11.6 Å². The number of methoxy groups -OCH3 is 1. The molecule has 1 fully saturated rings. The summed E-state index contributed by atoms with van der Waals surface area (Å²) < 4.78 is 14.2. The van der Waals surface area contributed by atoms with Gasteiger partial charge in [-0.2, -0.15) is 5.10 Å². The first-order chi connectivity index (χ1) is 14.0. The molecule has 0 radical (unpaired) electrons. The van der Waals surface area contributed by atoms with E-state index in [1.54, 1.807) is 20.2 Å². The van der Waals surface area contributed by atoms with Crippen molar-refractivity contribution in [2.24, 2.45) is 20.0 Å². The predicted octanol–water partition coefficient (Wildman–Crippen LogP) is 2.32. The van der Waals surface area contributed by atoms with E-state index in [1.807, 2.05) is 42.2 Å². The van der Waals surface area contributed by atoms with Crippen molar-refractivity contribution in [2.45, 2.75) is 18.9 Å². The molecular formula is C21H25N5O3. The normalized spacial score (nSPS) is 17.8. The quantitative estimate of drug-likeness (QED) is 0.630. The summed E-state index contributed by atoms with van der Waals surface area (Å²) in [5.74, 6) is 2.11. The summed E-state index contributed by atoms with van der Waals surface area (Å²) in [6.45, 7) is 1.08. The Labute approximate surface area is 169 Å². The van der Waals surface area contributed by atoms with Crippen molar-refractivity contribution in [3.8, 4) is 11.6 Å². The Morgan fingerprint density at radius 2 is 1.97 bits per heavy atom. The maximum absolute atomic E-state index is 12.4. The van der Waals surface area contributed by atoms with Crippen molar-refractivity contribution < 1.29 is 9.47 Å². The Balaban J connectivity index is 1.37. The van der Waals surface area contributed by atoms with E-state index in [0.717, 1.165) is 23.4 Å². The molecule has 2 heterocycles. The van der Waals surface area contributed by atoms with Crippen LogP contribution in [0.25, 0.3) is 0 Å². The molecule has 1 N–H and O–H groups in total. The number of ether oxygens (including phenoxy) is 2. The van der Waals surface area contributed by atoms with E-state index < -0.39 is 0 Å². The molecular weight excluding hydrogens is 370 g/mol. The van der Waals surface area contributed by atoms with E-state index in [9.17, 15) is 4.79 Å². The van der Waals surface area contributed by atoms with Gasteiger partial charge in [-0.3, -0.25) is 9.48 Å². The van der Waals surface area contributed by atoms with Crippen molar-refractivity contribution in [1.82, 2.24) is 19.6 Å². The van der Waals surface area contributed by atoms with E-state index in [4.69, 9.17) is 9.47 Å². The molecule has 8 heteroatoms. The zero-order valence-corrected chi connectivity index (χ0v) is 16.8. The maximum Gasteiger partial charge on any atom is 0.290 e. The third-order valence-corrected chi connectivity index (χ3v) is 5.16. The van der Waals surface area contributed by atoms with Gasteiger partial charge < -0.3 is 14.8 Å². The van der Waals surface area contributed by atoms with Gasteiger partial charge in [-0.15, -0.1) is 5.10 Å². The first-order valence-corrected chi connectivity index (χ1v) is 9.61. The van der Waals surface area contributed by atoms with Gasteiger partial charge in [0, 0.05) is 44.7 Å². The van der Waals surface area contributed by atoms with Crippen LogP contribution in [0.2, 0.25) is 0 Å². The minimum absolute atomic E-state index is 0.191. The SMILES string of the molecule is COc1ccc(CNc2cc(OCC3CC3c3ccn(C)n3)nn(C)c2=O)cc1. The van der Waals surface area contributed by atoms with Crippen molar-refractivity contribution in [1.29, 1.82) is 0 Å². The van der Waals surface area contributed by atoms with Crippen LogP contribution in [0.4, 0.5) is 5.69 Å². The molecule has 0 bridgehead atoms. The molecule has 2 atom stereocenters. The third-order valence-electron chi connectivity index (χ3n) is 5.16. The molecule has 0 aliphatic heterocycles. The van der Waals surface area contributed by atoms with Crippen molar-refractivity contribution >= 4 is 5.69 Å². The molecule has 3 aromatic rings. The second kappa shape index (κ2) is 7.98. The Morgan fingerprint density at radius 3 is 2.66 bits per heavy atom. The van der Waals surface area contributed by atoms with Crippen LogP contribution >= 0.6 is 0 Å². The molecule has 152 valence electrons. The average molecular weight is 395 g/mol. The zero-order valence-electron chi connectivity index (χ0n) is 16.8. The highest BCUT2D eigenvalue weighted by molar-refractivity contribution is 5.44. The van der Waals surface area contributed by atoms with Crippen molar-refractivity contribution in [2.75, 3.05) is 19.0 Å². The Hall–Kier alpha value is -3.29. The van der Waals surface area contributed by atoms with Crippen LogP contribution in [-0.4, -0.2) is 33.3 Å². The van der Waals surface area contributed by atoms with Crippen LogP contribution in [0.1, 0.15) is 23.6 Å². The van der Waals surface area contributed by atoms with Gasteiger partial charge in [0.15, 0.2) is 0 Å². The monoisotopic (exact) mass is 395 g/mol. The fourth-order valence-corrected chi connectivity index (χ4v) is 3.34. The standard InChI is InChI=1S/C21H25N5O3/c1-25-9-8-18(23-25)17-10-15(17)13-29-20-11-19(21(27)26(2)24-20)22-12-14-4-6-16(28-3)7-5-14/h4-9,11,15,17,22H,10,12-13H2,1-3H3. The second-order valence-corrected chi connectivity index (χ2v) is 7.35. The topological polar surface area (TPSA) is 83.2 Å². The van der Waals surface area contributed by atoms with E-state index >= 15 is 0 Å². The van der Waals surface area contributed by atoms with Crippen LogP contribution in [0, 0.1) is 5.92 Å². The molecule has 1 aliphatic carbocycles. The molecule has 0 spiro atoms. The molecule has 1 aromatic carbocycles. The predicted molar refractivity (Wildman–Crippen MR) is 109 cm³/mol. The second-order valence-electron chi connectivity index (χ2n) is 7.35. The van der Waals surface area contributed by atoms with Gasteiger partial charge in [-0.25, -0.2) is 4.68 Å². The minimum atomic E-state index is -0.191. The number of benzene rings is 1. The maximum atomic E-state index is 12.4. The summed E-state index contributed by atoms with van der Waals surface area (Å²) in [5, 5.41) is 11.9. The Morgan fingerprint density at radius 1 is 1.17 bits per heavy atom. The fourth-order valence-electron chi connectivity index (χ4n) is 3.34. The molecule has 0 amide bonds. The van der Waals surface area contributed by atoms with Crippen LogP contribution in [0.3, 0.4) is 0 Å². The Kier molecular flexibility index (Phi) is 5.24. The van der Waals surface area contributed by atoms with Crippen molar-refractivity contribution in [3.05, 3.63) is 64.2 Å². The van der Waals surface area contributed by atoms with Gasteiger partial charge in [-0.05, 0) is 30.2 Å². The number of aryl methyl sites for hydroxylation is 2. The largest absolute Gasteiger partial charge is 0.497 e. The molecule has 8 nitrogen and oxygen atoms in total. The van der Waals surface area contributed by atoms with Crippen LogP contribution in [0.15, 0.2) is 47.4 Å². The van der Waals surface area contributed by atoms with Crippen LogP contribution in [-0.2, 0) is 20.6 Å². The molecule has 4 rings (SSSR count). The summed E-state index contributed by atoms with van der Waals surface area (Å²) in [7, 11) is 5.18. The van der Waals surface area contributed by atoms with E-state index in [-0.39, 0.29) is 5.56 Å². The van der Waals surface area contributed by atoms with Gasteiger partial charge in [0.1, 0.15) is 11.4 Å². The average Bonchev–Trinajstić information content (AvgIpc) is 3.38. The number of nitrogens with zero attached hydrogens (tertiary/aromatic N) is 4. The third kappa shape index (κ3) is 4.42. The van der Waals surface area contributed by atoms with Gasteiger partial charge in [0.25, 0.3) is 5.56 Å². The highest BCUT2D eigenvalue weighted by Crippen LogP contribution is 2.46. The first-order valence-electron chi connectivity index (χ1n) is 9.61. The minimum Gasteiger partial charge on any atom is -0.497 e. The molecule has 0 saturated heterocycles. The number of hydrogen-bond donors (Lipinski definition) is 1. The highest BCUT2D eigenvalue weighted by Gasteiger charge is 2.40. The van der Waals surface area contributed by atoms with Gasteiger partial charge in [0.2, 0.25) is 5.88 Å². The fraction of sp³-hybridized carbons (Fsp3) is 0.381. The molecule has 29 heavy (non-hydrogen) atoms. The molecule has 1 saturated carbocycles. The lowest BCUT2D eigenvalue weighted by molar-refractivity contribution is 0.278. The molecule has 2 unspecified atom stereocenters. The highest BCUT2D eigenvalue weighted by atomic mass is 16.5. The van der Waals surface area contributed by atoms with E-state index in [0.29, 0.717) is 36.6 Å². The summed E-state index contributed by atoms with van der Waals surface area (Å²) in [6, 6.07) is 11.4. The summed E-state index contributed by atoms with van der Waals surface area (Å²) in [4.78, 5) is 12.4. The number of nitrogens with one attached hydrogen (secondary N) is 1. The first kappa shape index (κ1) is 19.0. The number of aromatic nitrogens is 4. The lowest BCUT2D eigenvalue weighted by Crippen LogP contribution is -2.24.